The predicted molar refractivity (Wildman–Crippen MR) is 75.8 cm³/mol. The lowest BCUT2D eigenvalue weighted by atomic mass is 10.0. The van der Waals surface area contributed by atoms with E-state index in [1.54, 1.807) is 6.07 Å². The Hall–Kier alpha value is -1.50. The molecule has 0 aliphatic heterocycles. The zero-order valence-corrected chi connectivity index (χ0v) is 12.5. The second-order valence-electron chi connectivity index (χ2n) is 4.71. The minimum Gasteiger partial charge on any atom is -0.405 e. The molecule has 1 fully saturated rings. The van der Waals surface area contributed by atoms with Crippen molar-refractivity contribution in [3.05, 3.63) is 35.4 Å². The van der Waals surface area contributed by atoms with Crippen LogP contribution in [0.5, 0.6) is 5.75 Å². The first kappa shape index (κ1) is 15.9. The number of allylic oxidation sites excluding steroid dienone is 1. The fourth-order valence-corrected chi connectivity index (χ4v) is 2.51. The third-order valence-corrected chi connectivity index (χ3v) is 3.67. The Bertz CT molecular complexity index is 580. The number of hydrogen-bond acceptors (Lipinski definition) is 3. The molecule has 3 nitrogen and oxygen atoms in total. The number of nitrogens with two attached hydrogens (primary N) is 1. The van der Waals surface area contributed by atoms with E-state index >= 15 is 0 Å². The van der Waals surface area contributed by atoms with Crippen LogP contribution in [-0.4, -0.2) is 17.5 Å². The molecule has 1 saturated carbocycles. The van der Waals surface area contributed by atoms with E-state index in [0.29, 0.717) is 0 Å². The number of benzene rings is 1. The second-order valence-corrected chi connectivity index (χ2v) is 5.27. The maximum atomic E-state index is 12.4. The van der Waals surface area contributed by atoms with Gasteiger partial charge in [0.25, 0.3) is 0 Å². The monoisotopic (exact) mass is 363 g/mol. The van der Waals surface area contributed by atoms with Crippen molar-refractivity contribution in [1.29, 1.82) is 0 Å². The maximum Gasteiger partial charge on any atom is 0.573 e. The van der Waals surface area contributed by atoms with Gasteiger partial charge in [-0.3, -0.25) is 4.79 Å². The molecule has 7 heteroatoms. The van der Waals surface area contributed by atoms with Gasteiger partial charge in [0.1, 0.15) is 5.75 Å². The number of carbonyl (C=O) groups is 1. The van der Waals surface area contributed by atoms with E-state index in [1.165, 1.54) is 18.2 Å². The van der Waals surface area contributed by atoms with E-state index in [2.05, 4.69) is 20.7 Å². The van der Waals surface area contributed by atoms with Gasteiger partial charge in [-0.25, -0.2) is 0 Å². The van der Waals surface area contributed by atoms with Crippen molar-refractivity contribution >= 4 is 27.4 Å². The van der Waals surface area contributed by atoms with Crippen LogP contribution in [0.15, 0.2) is 29.8 Å². The number of ketones is 1. The first-order chi connectivity index (χ1) is 9.83. The number of Topliss-reactive ketones (excluding diaryl/α,β-unsaturated/α-hetero) is 1. The lowest BCUT2D eigenvalue weighted by Gasteiger charge is -2.15. The molecule has 0 heterocycles. The number of alkyl halides is 4. The number of halogens is 4. The van der Waals surface area contributed by atoms with Crippen molar-refractivity contribution in [2.24, 2.45) is 11.7 Å². The summed E-state index contributed by atoms with van der Waals surface area (Å²) in [7, 11) is 0. The lowest BCUT2D eigenvalue weighted by molar-refractivity contribution is -0.274. The average Bonchev–Trinajstić information content (AvgIpc) is 3.22. The van der Waals surface area contributed by atoms with Crippen LogP contribution in [0.3, 0.4) is 0 Å². The van der Waals surface area contributed by atoms with E-state index in [-0.39, 0.29) is 33.9 Å². The van der Waals surface area contributed by atoms with Gasteiger partial charge in [0.15, 0.2) is 5.78 Å². The van der Waals surface area contributed by atoms with E-state index in [9.17, 15) is 18.0 Å². The van der Waals surface area contributed by atoms with Crippen LogP contribution in [-0.2, 0) is 4.79 Å². The van der Waals surface area contributed by atoms with Gasteiger partial charge in [-0.2, -0.15) is 0 Å². The molecule has 1 aromatic carbocycles. The van der Waals surface area contributed by atoms with Crippen LogP contribution in [0, 0.1) is 5.92 Å². The summed E-state index contributed by atoms with van der Waals surface area (Å²) in [6, 6.07) is 5.52. The van der Waals surface area contributed by atoms with Crippen LogP contribution in [0.2, 0.25) is 0 Å². The predicted octanol–water partition coefficient (Wildman–Crippen LogP) is 3.63. The zero-order valence-electron chi connectivity index (χ0n) is 10.9. The average molecular weight is 364 g/mol. The smallest absolute Gasteiger partial charge is 0.405 e. The molecule has 2 rings (SSSR count). The van der Waals surface area contributed by atoms with Crippen LogP contribution in [0.4, 0.5) is 13.2 Å². The summed E-state index contributed by atoms with van der Waals surface area (Å²) in [5.41, 5.74) is 6.29. The summed E-state index contributed by atoms with van der Waals surface area (Å²) >= 11 is 3.17. The Balaban J connectivity index is 2.41. The molecule has 0 radical (unpaired) electrons. The van der Waals surface area contributed by atoms with E-state index in [4.69, 9.17) is 5.73 Å². The van der Waals surface area contributed by atoms with Gasteiger partial charge in [0, 0.05) is 22.4 Å². The number of carbonyl (C=O) groups excluding carboxylic acids is 1. The molecule has 1 aliphatic rings. The first-order valence-electron chi connectivity index (χ1n) is 6.27. The van der Waals surface area contributed by atoms with Gasteiger partial charge in [-0.1, -0.05) is 28.1 Å². The van der Waals surface area contributed by atoms with Crippen LogP contribution in [0.1, 0.15) is 18.4 Å². The zero-order chi connectivity index (χ0) is 15.6. The van der Waals surface area contributed by atoms with E-state index in [1.807, 2.05) is 0 Å². The quantitative estimate of drug-likeness (QED) is 0.641. The molecule has 0 aromatic heterocycles. The number of para-hydroxylation sites is 1. The molecule has 114 valence electrons. The maximum absolute atomic E-state index is 12.4. The Labute approximate surface area is 128 Å². The third kappa shape index (κ3) is 4.00. The van der Waals surface area contributed by atoms with Crippen molar-refractivity contribution in [3.8, 4) is 5.75 Å². The standard InChI is InChI=1S/C14H13BrF3NO2/c15-7-10(13(20)8-5-6-8)12(19)9-3-1-2-4-11(9)21-14(16,17)18/h1-4,8H,5-7,19H2. The van der Waals surface area contributed by atoms with E-state index in [0.717, 1.165) is 12.8 Å². The molecular weight excluding hydrogens is 351 g/mol. The minimum absolute atomic E-state index is 0.0172. The molecule has 0 unspecified atom stereocenters. The highest BCUT2D eigenvalue weighted by molar-refractivity contribution is 9.09. The highest BCUT2D eigenvalue weighted by Gasteiger charge is 2.34. The van der Waals surface area contributed by atoms with Gasteiger partial charge >= 0.3 is 6.36 Å². The Kier molecular flexibility index (Phi) is 4.61. The summed E-state index contributed by atoms with van der Waals surface area (Å²) in [6.07, 6.45) is -3.22. The van der Waals surface area contributed by atoms with Crippen LogP contribution >= 0.6 is 15.9 Å². The van der Waals surface area contributed by atoms with Crippen LogP contribution < -0.4 is 10.5 Å². The largest absolute Gasteiger partial charge is 0.573 e. The summed E-state index contributed by atoms with van der Waals surface area (Å²) in [6.45, 7) is 0. The highest BCUT2D eigenvalue weighted by Crippen LogP contribution is 2.36. The Morgan fingerprint density at radius 1 is 1.33 bits per heavy atom. The molecular formula is C14H13BrF3NO2. The van der Waals surface area contributed by atoms with E-state index < -0.39 is 12.1 Å². The van der Waals surface area contributed by atoms with Crippen molar-refractivity contribution in [2.45, 2.75) is 19.2 Å². The van der Waals surface area contributed by atoms with Gasteiger partial charge in [0.05, 0.1) is 5.70 Å². The second kappa shape index (κ2) is 6.09. The molecule has 0 atom stereocenters. The molecule has 0 bridgehead atoms. The number of ether oxygens (including phenoxy) is 1. The molecule has 1 aromatic rings. The van der Waals surface area contributed by atoms with Crippen molar-refractivity contribution < 1.29 is 22.7 Å². The van der Waals surface area contributed by atoms with Gasteiger partial charge < -0.3 is 10.5 Å². The summed E-state index contributed by atoms with van der Waals surface area (Å²) < 4.78 is 41.2. The Morgan fingerprint density at radius 2 is 1.95 bits per heavy atom. The Morgan fingerprint density at radius 3 is 2.48 bits per heavy atom. The van der Waals surface area contributed by atoms with Crippen molar-refractivity contribution in [1.82, 2.24) is 0 Å². The van der Waals surface area contributed by atoms with Crippen LogP contribution in [0.25, 0.3) is 5.70 Å². The minimum atomic E-state index is -4.81. The topological polar surface area (TPSA) is 52.3 Å². The van der Waals surface area contributed by atoms with Gasteiger partial charge in [-0.05, 0) is 25.0 Å². The molecule has 0 amide bonds. The number of rotatable bonds is 5. The fourth-order valence-electron chi connectivity index (χ4n) is 1.93. The molecule has 21 heavy (non-hydrogen) atoms. The van der Waals surface area contributed by atoms with Crippen molar-refractivity contribution in [3.63, 3.8) is 0 Å². The summed E-state index contributed by atoms with van der Waals surface area (Å²) in [5.74, 6) is -0.595. The van der Waals surface area contributed by atoms with Gasteiger partial charge in [0.2, 0.25) is 0 Å². The summed E-state index contributed by atoms with van der Waals surface area (Å²) in [4.78, 5) is 12.1. The molecule has 1 aliphatic carbocycles. The molecule has 0 saturated heterocycles. The third-order valence-electron chi connectivity index (χ3n) is 3.11. The summed E-state index contributed by atoms with van der Waals surface area (Å²) in [5, 5.41) is 0.189. The number of hydrogen-bond donors (Lipinski definition) is 1. The van der Waals surface area contributed by atoms with Crippen molar-refractivity contribution in [2.75, 3.05) is 5.33 Å². The first-order valence-corrected chi connectivity index (χ1v) is 7.39. The normalized spacial score (nSPS) is 16.4. The molecule has 2 N–H and O–H groups in total. The fraction of sp³-hybridized carbons (Fsp3) is 0.357. The lowest BCUT2D eigenvalue weighted by Crippen LogP contribution is -2.19. The SMILES string of the molecule is NC(=C(CBr)C(=O)C1CC1)c1ccccc1OC(F)(F)F. The van der Waals surface area contributed by atoms with Gasteiger partial charge in [-0.15, -0.1) is 13.2 Å². The highest BCUT2D eigenvalue weighted by atomic mass is 79.9. The molecule has 0 spiro atoms.